The first-order chi connectivity index (χ1) is 8.92. The Bertz CT molecular complexity index is 759. The fraction of sp³-hybridized carbons (Fsp3) is 0.0909. The van der Waals surface area contributed by atoms with Crippen LogP contribution in [-0.4, -0.2) is 13.4 Å². The number of anilines is 2. The van der Waals surface area contributed by atoms with Crippen molar-refractivity contribution in [2.45, 2.75) is 11.1 Å². The Kier molecular flexibility index (Phi) is 3.42. The van der Waals surface area contributed by atoms with Crippen molar-refractivity contribution in [2.24, 2.45) is 0 Å². The Morgan fingerprint density at radius 2 is 2.21 bits per heavy atom. The summed E-state index contributed by atoms with van der Waals surface area (Å²) in [6, 6.07) is 6.29. The molecule has 0 bridgehead atoms. The average Bonchev–Trinajstić information content (AvgIpc) is 2.79. The van der Waals surface area contributed by atoms with Crippen LogP contribution in [0, 0.1) is 18.3 Å². The van der Waals surface area contributed by atoms with Gasteiger partial charge in [-0.05, 0) is 25.1 Å². The van der Waals surface area contributed by atoms with Crippen LogP contribution < -0.4 is 10.5 Å². The van der Waals surface area contributed by atoms with E-state index >= 15 is 0 Å². The summed E-state index contributed by atoms with van der Waals surface area (Å²) in [5.41, 5.74) is 6.31. The van der Waals surface area contributed by atoms with E-state index in [0.29, 0.717) is 10.7 Å². The smallest absolute Gasteiger partial charge is 0.273 e. The highest BCUT2D eigenvalue weighted by Gasteiger charge is 2.18. The van der Waals surface area contributed by atoms with Crippen LogP contribution in [0.25, 0.3) is 0 Å². The summed E-state index contributed by atoms with van der Waals surface area (Å²) in [4.78, 5) is 3.90. The van der Waals surface area contributed by atoms with E-state index in [1.165, 1.54) is 24.4 Å². The number of aryl methyl sites for hydroxylation is 1. The van der Waals surface area contributed by atoms with Gasteiger partial charge in [-0.15, -0.1) is 11.3 Å². The zero-order chi connectivity index (χ0) is 14.0. The lowest BCUT2D eigenvalue weighted by Crippen LogP contribution is -2.12. The minimum absolute atomic E-state index is 0.103. The number of nitrogens with zero attached hydrogens (tertiary/aromatic N) is 2. The predicted molar refractivity (Wildman–Crippen MR) is 73.2 cm³/mol. The summed E-state index contributed by atoms with van der Waals surface area (Å²) in [5.74, 6) is 0. The van der Waals surface area contributed by atoms with Gasteiger partial charge in [-0.1, -0.05) is 0 Å². The molecule has 0 fully saturated rings. The number of aromatic nitrogens is 1. The highest BCUT2D eigenvalue weighted by Crippen LogP contribution is 2.24. The maximum atomic E-state index is 12.1. The van der Waals surface area contributed by atoms with Crippen molar-refractivity contribution in [2.75, 3.05) is 10.5 Å². The number of nitrogens with one attached hydrogen (secondary N) is 1. The van der Waals surface area contributed by atoms with Gasteiger partial charge in [0.1, 0.15) is 6.07 Å². The van der Waals surface area contributed by atoms with Crippen molar-refractivity contribution in [3.8, 4) is 6.07 Å². The van der Waals surface area contributed by atoms with Crippen LogP contribution >= 0.6 is 11.3 Å². The van der Waals surface area contributed by atoms with Gasteiger partial charge < -0.3 is 5.73 Å². The first-order valence-electron chi connectivity index (χ1n) is 5.17. The second-order valence-electron chi connectivity index (χ2n) is 3.72. The summed E-state index contributed by atoms with van der Waals surface area (Å²) in [7, 11) is -3.72. The van der Waals surface area contributed by atoms with Gasteiger partial charge >= 0.3 is 0 Å². The van der Waals surface area contributed by atoms with Gasteiger partial charge in [0, 0.05) is 5.69 Å². The molecule has 1 heterocycles. The Hall–Kier alpha value is -2.11. The van der Waals surface area contributed by atoms with E-state index in [1.807, 2.05) is 6.07 Å². The van der Waals surface area contributed by atoms with E-state index in [4.69, 9.17) is 11.0 Å². The Balaban J connectivity index is 2.39. The van der Waals surface area contributed by atoms with Gasteiger partial charge in [-0.25, -0.2) is 13.4 Å². The van der Waals surface area contributed by atoms with Crippen molar-refractivity contribution in [1.29, 1.82) is 5.26 Å². The maximum absolute atomic E-state index is 12.1. The maximum Gasteiger partial charge on any atom is 0.273 e. The van der Waals surface area contributed by atoms with E-state index in [0.717, 1.165) is 11.3 Å². The third-order valence-electron chi connectivity index (χ3n) is 2.27. The van der Waals surface area contributed by atoms with Gasteiger partial charge in [0.2, 0.25) is 0 Å². The number of rotatable bonds is 3. The van der Waals surface area contributed by atoms with Crippen LogP contribution in [0.2, 0.25) is 0 Å². The number of hydrogen-bond donors (Lipinski definition) is 2. The molecule has 3 N–H and O–H groups in total. The molecule has 0 amide bonds. The van der Waals surface area contributed by atoms with E-state index in [2.05, 4.69) is 9.71 Å². The Morgan fingerprint density at radius 1 is 1.47 bits per heavy atom. The summed E-state index contributed by atoms with van der Waals surface area (Å²) in [6.07, 6.45) is 1.28. The van der Waals surface area contributed by atoms with Gasteiger partial charge in [-0.3, -0.25) is 4.72 Å². The zero-order valence-electron chi connectivity index (χ0n) is 9.91. The second-order valence-corrected chi connectivity index (χ2v) is 6.86. The standard InChI is InChI=1S/C11H10N4O2S2/c1-7-14-6-11(18-7)19(16,17)15-10-3-2-9(13)4-8(10)5-12/h2-4,6,15H,13H2,1H3. The normalized spacial score (nSPS) is 10.9. The number of nitrogen functional groups attached to an aromatic ring is 1. The van der Waals surface area contributed by atoms with Gasteiger partial charge in [0.25, 0.3) is 10.0 Å². The molecule has 98 valence electrons. The first kappa shape index (κ1) is 13.3. The zero-order valence-corrected chi connectivity index (χ0v) is 11.5. The molecule has 0 saturated heterocycles. The Labute approximate surface area is 114 Å². The highest BCUT2D eigenvalue weighted by molar-refractivity contribution is 7.94. The minimum Gasteiger partial charge on any atom is -0.399 e. The topological polar surface area (TPSA) is 109 Å². The molecule has 0 aliphatic rings. The van der Waals surface area contributed by atoms with E-state index in [9.17, 15) is 8.42 Å². The molecular formula is C11H10N4O2S2. The largest absolute Gasteiger partial charge is 0.399 e. The molecule has 6 nitrogen and oxygen atoms in total. The van der Waals surface area contributed by atoms with Gasteiger partial charge in [0.15, 0.2) is 4.21 Å². The molecule has 8 heteroatoms. The fourth-order valence-corrected chi connectivity index (χ4v) is 3.59. The average molecular weight is 294 g/mol. The molecule has 1 aromatic carbocycles. The number of thiazole rings is 1. The lowest BCUT2D eigenvalue weighted by atomic mass is 10.2. The van der Waals surface area contributed by atoms with E-state index in [-0.39, 0.29) is 15.5 Å². The molecule has 0 atom stereocenters. The number of hydrogen-bond acceptors (Lipinski definition) is 6. The van der Waals surface area contributed by atoms with Gasteiger partial charge in [-0.2, -0.15) is 5.26 Å². The van der Waals surface area contributed by atoms with Crippen LogP contribution in [0.1, 0.15) is 10.6 Å². The lowest BCUT2D eigenvalue weighted by Gasteiger charge is -2.08. The van der Waals surface area contributed by atoms with Crippen LogP contribution in [0.15, 0.2) is 28.6 Å². The molecule has 0 unspecified atom stereocenters. The molecule has 2 rings (SSSR count). The SMILES string of the molecule is Cc1ncc(S(=O)(=O)Nc2ccc(N)cc2C#N)s1. The number of nitriles is 1. The van der Waals surface area contributed by atoms with Crippen molar-refractivity contribution in [3.05, 3.63) is 35.0 Å². The van der Waals surface area contributed by atoms with Crippen molar-refractivity contribution in [3.63, 3.8) is 0 Å². The number of benzene rings is 1. The van der Waals surface area contributed by atoms with Crippen LogP contribution in [0.3, 0.4) is 0 Å². The summed E-state index contributed by atoms with van der Waals surface area (Å²) >= 11 is 1.06. The van der Waals surface area contributed by atoms with Crippen molar-refractivity contribution >= 4 is 32.7 Å². The molecule has 1 aromatic heterocycles. The van der Waals surface area contributed by atoms with Crippen LogP contribution in [-0.2, 0) is 10.0 Å². The number of sulfonamides is 1. The van der Waals surface area contributed by atoms with Crippen LogP contribution in [0.5, 0.6) is 0 Å². The molecular weight excluding hydrogens is 284 g/mol. The summed E-state index contributed by atoms with van der Waals surface area (Å²) in [5, 5.41) is 9.62. The molecule has 19 heavy (non-hydrogen) atoms. The monoisotopic (exact) mass is 294 g/mol. The van der Waals surface area contributed by atoms with E-state index in [1.54, 1.807) is 6.92 Å². The molecule has 0 radical (unpaired) electrons. The first-order valence-corrected chi connectivity index (χ1v) is 7.47. The molecule has 0 aliphatic carbocycles. The molecule has 2 aromatic rings. The third kappa shape index (κ3) is 2.83. The van der Waals surface area contributed by atoms with Gasteiger partial charge in [0.05, 0.1) is 22.5 Å². The summed E-state index contributed by atoms with van der Waals surface area (Å²) < 4.78 is 26.6. The highest BCUT2D eigenvalue weighted by atomic mass is 32.2. The minimum atomic E-state index is -3.72. The number of nitrogens with two attached hydrogens (primary N) is 1. The molecule has 0 saturated carbocycles. The van der Waals surface area contributed by atoms with Crippen LogP contribution in [0.4, 0.5) is 11.4 Å². The molecule has 0 spiro atoms. The second kappa shape index (κ2) is 4.87. The lowest BCUT2D eigenvalue weighted by molar-refractivity contribution is 0.603. The van der Waals surface area contributed by atoms with E-state index < -0.39 is 10.0 Å². The van der Waals surface area contributed by atoms with Crippen molar-refractivity contribution < 1.29 is 8.42 Å². The Morgan fingerprint density at radius 3 is 2.79 bits per heavy atom. The predicted octanol–water partition coefficient (Wildman–Crippen LogP) is 1.71. The summed E-state index contributed by atoms with van der Waals surface area (Å²) in [6.45, 7) is 1.72. The van der Waals surface area contributed by atoms with Crippen molar-refractivity contribution in [1.82, 2.24) is 4.98 Å². The molecule has 0 aliphatic heterocycles. The third-order valence-corrected chi connectivity index (χ3v) is 5.01. The fourth-order valence-electron chi connectivity index (χ4n) is 1.40. The quantitative estimate of drug-likeness (QED) is 0.837.